The summed E-state index contributed by atoms with van der Waals surface area (Å²) in [6.07, 6.45) is 0.217. The SMILES string of the molecule is Cc1ccc(CC(=O)Nc2ccc(C(C)CN)cc2)nn1. The molecule has 1 unspecified atom stereocenters. The van der Waals surface area contributed by atoms with Gasteiger partial charge in [0.1, 0.15) is 0 Å². The normalized spacial score (nSPS) is 12.0. The van der Waals surface area contributed by atoms with Gasteiger partial charge >= 0.3 is 0 Å². The molecule has 1 aromatic carbocycles. The lowest BCUT2D eigenvalue weighted by Crippen LogP contribution is -2.15. The molecule has 0 aliphatic carbocycles. The van der Waals surface area contributed by atoms with E-state index in [2.05, 4.69) is 22.4 Å². The van der Waals surface area contributed by atoms with Gasteiger partial charge in [0.25, 0.3) is 0 Å². The molecule has 21 heavy (non-hydrogen) atoms. The van der Waals surface area contributed by atoms with Crippen molar-refractivity contribution < 1.29 is 4.79 Å². The van der Waals surface area contributed by atoms with Gasteiger partial charge < -0.3 is 11.1 Å². The summed E-state index contributed by atoms with van der Waals surface area (Å²) in [7, 11) is 0. The molecule has 0 aliphatic rings. The van der Waals surface area contributed by atoms with Crippen LogP contribution in [0.4, 0.5) is 5.69 Å². The standard InChI is InChI=1S/C16H20N4O/c1-11(10-17)13-4-7-14(8-5-13)18-16(21)9-15-6-3-12(2)19-20-15/h3-8,11H,9-10,17H2,1-2H3,(H,18,21). The van der Waals surface area contributed by atoms with Crippen LogP contribution in [0.3, 0.4) is 0 Å². The van der Waals surface area contributed by atoms with Gasteiger partial charge in [0.15, 0.2) is 0 Å². The third kappa shape index (κ3) is 4.36. The number of benzene rings is 1. The van der Waals surface area contributed by atoms with Crippen LogP contribution in [0.2, 0.25) is 0 Å². The van der Waals surface area contributed by atoms with E-state index in [-0.39, 0.29) is 12.3 Å². The zero-order chi connectivity index (χ0) is 15.2. The first-order valence-electron chi connectivity index (χ1n) is 6.97. The van der Waals surface area contributed by atoms with E-state index in [1.807, 2.05) is 43.3 Å². The summed E-state index contributed by atoms with van der Waals surface area (Å²) in [6, 6.07) is 11.4. The highest BCUT2D eigenvalue weighted by Crippen LogP contribution is 2.17. The largest absolute Gasteiger partial charge is 0.330 e. The minimum atomic E-state index is -0.104. The van der Waals surface area contributed by atoms with Crippen molar-refractivity contribution in [2.75, 3.05) is 11.9 Å². The van der Waals surface area contributed by atoms with Gasteiger partial charge in [-0.25, -0.2) is 0 Å². The smallest absolute Gasteiger partial charge is 0.230 e. The van der Waals surface area contributed by atoms with E-state index in [0.29, 0.717) is 18.2 Å². The molecule has 1 aromatic heterocycles. The van der Waals surface area contributed by atoms with Gasteiger partial charge in [0.05, 0.1) is 17.8 Å². The number of amides is 1. The predicted octanol–water partition coefficient (Wildman–Crippen LogP) is 2.03. The molecule has 0 bridgehead atoms. The number of hydrogen-bond donors (Lipinski definition) is 2. The zero-order valence-corrected chi connectivity index (χ0v) is 12.3. The molecule has 1 heterocycles. The van der Waals surface area contributed by atoms with Gasteiger partial charge in [-0.05, 0) is 49.2 Å². The Kier molecular flexibility index (Phi) is 5.00. The van der Waals surface area contributed by atoms with Gasteiger partial charge in [0.2, 0.25) is 5.91 Å². The lowest BCUT2D eigenvalue weighted by atomic mass is 10.0. The maximum atomic E-state index is 11.9. The number of carbonyl (C=O) groups is 1. The van der Waals surface area contributed by atoms with Crippen LogP contribution in [0.5, 0.6) is 0 Å². The molecular formula is C16H20N4O. The zero-order valence-electron chi connectivity index (χ0n) is 12.3. The van der Waals surface area contributed by atoms with Crippen LogP contribution in [-0.2, 0) is 11.2 Å². The average molecular weight is 284 g/mol. The number of hydrogen-bond acceptors (Lipinski definition) is 4. The van der Waals surface area contributed by atoms with E-state index in [0.717, 1.165) is 11.4 Å². The van der Waals surface area contributed by atoms with Gasteiger partial charge in [-0.3, -0.25) is 4.79 Å². The van der Waals surface area contributed by atoms with E-state index in [1.54, 1.807) is 0 Å². The molecular weight excluding hydrogens is 264 g/mol. The van der Waals surface area contributed by atoms with Crippen LogP contribution in [0, 0.1) is 6.92 Å². The van der Waals surface area contributed by atoms with Crippen LogP contribution < -0.4 is 11.1 Å². The Morgan fingerprint density at radius 1 is 1.19 bits per heavy atom. The van der Waals surface area contributed by atoms with Crippen molar-refractivity contribution in [3.8, 4) is 0 Å². The number of anilines is 1. The highest BCUT2D eigenvalue weighted by atomic mass is 16.1. The minimum Gasteiger partial charge on any atom is -0.330 e. The summed E-state index contributed by atoms with van der Waals surface area (Å²) in [5.41, 5.74) is 9.07. The van der Waals surface area contributed by atoms with Crippen LogP contribution >= 0.6 is 0 Å². The Morgan fingerprint density at radius 2 is 1.90 bits per heavy atom. The van der Waals surface area contributed by atoms with Crippen LogP contribution in [0.15, 0.2) is 36.4 Å². The van der Waals surface area contributed by atoms with E-state index >= 15 is 0 Å². The molecule has 0 spiro atoms. The Morgan fingerprint density at radius 3 is 2.48 bits per heavy atom. The summed E-state index contributed by atoms with van der Waals surface area (Å²) in [5, 5.41) is 10.8. The molecule has 0 fully saturated rings. The fourth-order valence-electron chi connectivity index (χ4n) is 1.92. The van der Waals surface area contributed by atoms with Gasteiger partial charge in [0, 0.05) is 5.69 Å². The van der Waals surface area contributed by atoms with Crippen molar-refractivity contribution in [3.63, 3.8) is 0 Å². The maximum absolute atomic E-state index is 11.9. The molecule has 2 rings (SSSR count). The monoisotopic (exact) mass is 284 g/mol. The first-order valence-corrected chi connectivity index (χ1v) is 6.97. The third-order valence-corrected chi connectivity index (χ3v) is 3.31. The second-order valence-corrected chi connectivity index (χ2v) is 5.15. The lowest BCUT2D eigenvalue weighted by molar-refractivity contribution is -0.115. The van der Waals surface area contributed by atoms with E-state index < -0.39 is 0 Å². The maximum Gasteiger partial charge on any atom is 0.230 e. The van der Waals surface area contributed by atoms with Crippen LogP contribution in [0.25, 0.3) is 0 Å². The Bertz CT molecular complexity index is 593. The third-order valence-electron chi connectivity index (χ3n) is 3.31. The van der Waals surface area contributed by atoms with E-state index in [4.69, 9.17) is 5.73 Å². The number of rotatable bonds is 5. The number of carbonyl (C=O) groups excluding carboxylic acids is 1. The molecule has 110 valence electrons. The topological polar surface area (TPSA) is 80.9 Å². The quantitative estimate of drug-likeness (QED) is 0.880. The highest BCUT2D eigenvalue weighted by molar-refractivity contribution is 5.91. The summed E-state index contributed by atoms with van der Waals surface area (Å²) >= 11 is 0. The lowest BCUT2D eigenvalue weighted by Gasteiger charge is -2.10. The molecule has 0 aliphatic heterocycles. The number of nitrogens with zero attached hydrogens (tertiary/aromatic N) is 2. The van der Waals surface area contributed by atoms with Crippen LogP contribution in [0.1, 0.15) is 29.8 Å². The second kappa shape index (κ2) is 6.95. The van der Waals surface area contributed by atoms with Crippen molar-refractivity contribution in [1.29, 1.82) is 0 Å². The molecule has 0 saturated carbocycles. The summed E-state index contributed by atoms with van der Waals surface area (Å²) in [4.78, 5) is 11.9. The molecule has 1 atom stereocenters. The highest BCUT2D eigenvalue weighted by Gasteiger charge is 2.07. The van der Waals surface area contributed by atoms with Crippen molar-refractivity contribution >= 4 is 11.6 Å². The Labute approximate surface area is 124 Å². The summed E-state index contributed by atoms with van der Waals surface area (Å²) < 4.78 is 0. The van der Waals surface area contributed by atoms with Crippen molar-refractivity contribution in [3.05, 3.63) is 53.3 Å². The number of aryl methyl sites for hydroxylation is 1. The van der Waals surface area contributed by atoms with Gasteiger partial charge in [-0.2, -0.15) is 10.2 Å². The Balaban J connectivity index is 1.94. The fourth-order valence-corrected chi connectivity index (χ4v) is 1.92. The predicted molar refractivity (Wildman–Crippen MR) is 83.0 cm³/mol. The van der Waals surface area contributed by atoms with Gasteiger partial charge in [-0.15, -0.1) is 0 Å². The van der Waals surface area contributed by atoms with Crippen molar-refractivity contribution in [2.24, 2.45) is 5.73 Å². The summed E-state index contributed by atoms with van der Waals surface area (Å²) in [5.74, 6) is 0.213. The molecule has 0 saturated heterocycles. The van der Waals surface area contributed by atoms with Gasteiger partial charge in [-0.1, -0.05) is 19.1 Å². The number of aromatic nitrogens is 2. The fraction of sp³-hybridized carbons (Fsp3) is 0.312. The van der Waals surface area contributed by atoms with Crippen molar-refractivity contribution in [2.45, 2.75) is 26.2 Å². The minimum absolute atomic E-state index is 0.104. The summed E-state index contributed by atoms with van der Waals surface area (Å²) in [6.45, 7) is 4.54. The molecule has 3 N–H and O–H groups in total. The molecule has 1 amide bonds. The van der Waals surface area contributed by atoms with Crippen LogP contribution in [-0.4, -0.2) is 22.6 Å². The molecule has 5 nitrogen and oxygen atoms in total. The number of nitrogens with one attached hydrogen (secondary N) is 1. The number of nitrogens with two attached hydrogens (primary N) is 1. The first kappa shape index (κ1) is 15.1. The van der Waals surface area contributed by atoms with E-state index in [9.17, 15) is 4.79 Å². The molecule has 2 aromatic rings. The van der Waals surface area contributed by atoms with Crippen molar-refractivity contribution in [1.82, 2.24) is 10.2 Å². The first-order chi connectivity index (χ1) is 10.1. The van der Waals surface area contributed by atoms with E-state index in [1.165, 1.54) is 5.56 Å². The second-order valence-electron chi connectivity index (χ2n) is 5.15. The molecule has 0 radical (unpaired) electrons. The molecule has 5 heteroatoms. The Hall–Kier alpha value is -2.27. The average Bonchev–Trinajstić information content (AvgIpc) is 2.49.